The molecule has 0 aliphatic carbocycles. The Morgan fingerprint density at radius 2 is 1.62 bits per heavy atom. The number of nitrogens with one attached hydrogen (secondary N) is 2. The lowest BCUT2D eigenvalue weighted by Crippen LogP contribution is -2.20. The van der Waals surface area contributed by atoms with E-state index in [0.29, 0.717) is 38.4 Å². The molecule has 0 spiro atoms. The van der Waals surface area contributed by atoms with E-state index in [4.69, 9.17) is 27.9 Å². The fourth-order valence-electron chi connectivity index (χ4n) is 2.87. The number of amides is 1. The smallest absolute Gasteiger partial charge is 0.264 e. The Labute approximate surface area is 196 Å². The lowest BCUT2D eigenvalue weighted by Gasteiger charge is -2.12. The van der Waals surface area contributed by atoms with Gasteiger partial charge in [-0.15, -0.1) is 0 Å². The molecule has 0 unspecified atom stereocenters. The predicted molar refractivity (Wildman–Crippen MR) is 124 cm³/mol. The van der Waals surface area contributed by atoms with Crippen molar-refractivity contribution in [2.24, 2.45) is 0 Å². The molecule has 32 heavy (non-hydrogen) atoms. The maximum absolute atomic E-state index is 12.6. The second kappa shape index (κ2) is 9.72. The van der Waals surface area contributed by atoms with Crippen LogP contribution >= 0.6 is 23.2 Å². The number of hydrogen-bond donors (Lipinski definition) is 2. The van der Waals surface area contributed by atoms with Crippen molar-refractivity contribution in [3.8, 4) is 5.75 Å². The largest absolute Gasteiger partial charge is 0.482 e. The molecule has 2 N–H and O–H groups in total. The number of carbonyl (C=O) groups excluding carboxylic acids is 1. The van der Waals surface area contributed by atoms with Crippen molar-refractivity contribution in [1.82, 2.24) is 9.97 Å². The van der Waals surface area contributed by atoms with Gasteiger partial charge in [-0.2, -0.15) is 0 Å². The van der Waals surface area contributed by atoms with Gasteiger partial charge >= 0.3 is 0 Å². The lowest BCUT2D eigenvalue weighted by molar-refractivity contribution is -0.118. The number of carbonyl (C=O) groups is 1. The SMILES string of the molecule is Cc1cc(C)nc(NS(=O)(=O)c2ccc(NC(=O)COc3c(C)cc(Cl)cc3Cl)cc2)n1. The number of ether oxygens (including phenoxy) is 1. The van der Waals surface area contributed by atoms with Gasteiger partial charge in [0.05, 0.1) is 9.92 Å². The first-order chi connectivity index (χ1) is 15.0. The minimum Gasteiger partial charge on any atom is -0.482 e. The van der Waals surface area contributed by atoms with Gasteiger partial charge in [-0.1, -0.05) is 23.2 Å². The van der Waals surface area contributed by atoms with Gasteiger partial charge in [-0.05, 0) is 68.8 Å². The molecule has 2 aromatic carbocycles. The molecule has 0 saturated heterocycles. The number of halogens is 2. The van der Waals surface area contributed by atoms with Crippen molar-refractivity contribution < 1.29 is 17.9 Å². The molecule has 168 valence electrons. The zero-order chi connectivity index (χ0) is 23.5. The van der Waals surface area contributed by atoms with Gasteiger partial charge in [0.25, 0.3) is 15.9 Å². The van der Waals surface area contributed by atoms with E-state index < -0.39 is 15.9 Å². The summed E-state index contributed by atoms with van der Waals surface area (Å²) in [5.74, 6) is -0.0756. The van der Waals surface area contributed by atoms with Crippen LogP contribution in [0.4, 0.5) is 11.6 Å². The third kappa shape index (κ3) is 6.09. The molecule has 0 fully saturated rings. The maximum atomic E-state index is 12.6. The number of aromatic nitrogens is 2. The lowest BCUT2D eigenvalue weighted by atomic mass is 10.2. The van der Waals surface area contributed by atoms with Crippen LogP contribution in [-0.2, 0) is 14.8 Å². The summed E-state index contributed by atoms with van der Waals surface area (Å²) in [5, 5.41) is 3.41. The van der Waals surface area contributed by atoms with Gasteiger partial charge in [-0.25, -0.2) is 23.1 Å². The van der Waals surface area contributed by atoms with E-state index in [1.165, 1.54) is 30.3 Å². The highest BCUT2D eigenvalue weighted by molar-refractivity contribution is 7.92. The second-order valence-corrected chi connectivity index (χ2v) is 9.50. The first-order valence-electron chi connectivity index (χ1n) is 9.37. The summed E-state index contributed by atoms with van der Waals surface area (Å²) in [6, 6.07) is 10.6. The molecule has 3 aromatic rings. The first-order valence-corrected chi connectivity index (χ1v) is 11.6. The van der Waals surface area contributed by atoms with Crippen molar-refractivity contribution in [2.45, 2.75) is 25.7 Å². The fraction of sp³-hybridized carbons (Fsp3) is 0.190. The normalized spacial score (nSPS) is 11.2. The summed E-state index contributed by atoms with van der Waals surface area (Å²) < 4.78 is 33.0. The predicted octanol–water partition coefficient (Wildman–Crippen LogP) is 4.53. The molecule has 0 atom stereocenters. The minimum atomic E-state index is -3.89. The van der Waals surface area contributed by atoms with Gasteiger partial charge in [0.1, 0.15) is 5.75 Å². The molecule has 0 aliphatic heterocycles. The molecule has 1 aromatic heterocycles. The number of hydrogen-bond acceptors (Lipinski definition) is 6. The van der Waals surface area contributed by atoms with Gasteiger partial charge in [-0.3, -0.25) is 4.79 Å². The highest BCUT2D eigenvalue weighted by Crippen LogP contribution is 2.31. The number of sulfonamides is 1. The molecule has 11 heteroatoms. The van der Waals surface area contributed by atoms with Crippen LogP contribution in [0.2, 0.25) is 10.0 Å². The standard InChI is InChI=1S/C21H20Cl2N4O4S/c1-12-8-15(22)10-18(23)20(12)31-11-19(28)26-16-4-6-17(7-5-16)32(29,30)27-21-24-13(2)9-14(3)25-21/h4-10H,11H2,1-3H3,(H,26,28)(H,24,25,27). The Morgan fingerprint density at radius 3 is 2.22 bits per heavy atom. The van der Waals surface area contributed by atoms with Crippen LogP contribution in [-0.4, -0.2) is 30.9 Å². The number of rotatable bonds is 7. The second-order valence-electron chi connectivity index (χ2n) is 6.97. The van der Waals surface area contributed by atoms with Gasteiger partial charge in [0, 0.05) is 22.1 Å². The summed E-state index contributed by atoms with van der Waals surface area (Å²) in [5.41, 5.74) is 2.39. The van der Waals surface area contributed by atoms with E-state index in [-0.39, 0.29) is 17.5 Å². The summed E-state index contributed by atoms with van der Waals surface area (Å²) in [6.07, 6.45) is 0. The third-order valence-electron chi connectivity index (χ3n) is 4.20. The minimum absolute atomic E-state index is 0.00178. The van der Waals surface area contributed by atoms with E-state index in [2.05, 4.69) is 20.0 Å². The molecule has 3 rings (SSSR count). The molecule has 1 heterocycles. The van der Waals surface area contributed by atoms with Crippen molar-refractivity contribution in [1.29, 1.82) is 0 Å². The van der Waals surface area contributed by atoms with E-state index in [9.17, 15) is 13.2 Å². The maximum Gasteiger partial charge on any atom is 0.264 e. The van der Waals surface area contributed by atoms with Crippen LogP contribution in [0.5, 0.6) is 5.75 Å². The molecule has 8 nitrogen and oxygen atoms in total. The van der Waals surface area contributed by atoms with Crippen LogP contribution in [0.3, 0.4) is 0 Å². The summed E-state index contributed by atoms with van der Waals surface area (Å²) >= 11 is 12.0. The monoisotopic (exact) mass is 494 g/mol. The Bertz CT molecular complexity index is 1220. The quantitative estimate of drug-likeness (QED) is 0.499. The number of benzene rings is 2. The zero-order valence-corrected chi connectivity index (χ0v) is 19.8. The Morgan fingerprint density at radius 1 is 1.00 bits per heavy atom. The summed E-state index contributed by atoms with van der Waals surface area (Å²) in [7, 11) is -3.89. The first kappa shape index (κ1) is 23.8. The van der Waals surface area contributed by atoms with Gasteiger partial charge in [0.15, 0.2) is 6.61 Å². The number of nitrogens with zero attached hydrogens (tertiary/aromatic N) is 2. The van der Waals surface area contributed by atoms with Crippen molar-refractivity contribution >= 4 is 50.8 Å². The Hall–Kier alpha value is -2.88. The van der Waals surface area contributed by atoms with E-state index in [1.54, 1.807) is 32.9 Å². The zero-order valence-electron chi connectivity index (χ0n) is 17.4. The van der Waals surface area contributed by atoms with E-state index in [1.807, 2.05) is 0 Å². The summed E-state index contributed by atoms with van der Waals surface area (Å²) in [4.78, 5) is 20.4. The van der Waals surface area contributed by atoms with Crippen molar-refractivity contribution in [2.75, 3.05) is 16.6 Å². The molecule has 0 aliphatic rings. The molecular weight excluding hydrogens is 475 g/mol. The molecular formula is C21H20Cl2N4O4S. The van der Waals surface area contributed by atoms with Gasteiger partial charge < -0.3 is 10.1 Å². The Kier molecular flexibility index (Phi) is 7.22. The van der Waals surface area contributed by atoms with Crippen molar-refractivity contribution in [3.05, 3.63) is 69.5 Å². The van der Waals surface area contributed by atoms with Crippen LogP contribution < -0.4 is 14.8 Å². The number of anilines is 2. The average Bonchev–Trinajstić information content (AvgIpc) is 2.66. The highest BCUT2D eigenvalue weighted by atomic mass is 35.5. The van der Waals surface area contributed by atoms with Crippen LogP contribution in [0.1, 0.15) is 17.0 Å². The average molecular weight is 495 g/mol. The van der Waals surface area contributed by atoms with E-state index >= 15 is 0 Å². The highest BCUT2D eigenvalue weighted by Gasteiger charge is 2.17. The fourth-order valence-corrected chi connectivity index (χ4v) is 4.47. The molecule has 0 radical (unpaired) electrons. The number of aryl methyl sites for hydroxylation is 3. The molecule has 0 bridgehead atoms. The van der Waals surface area contributed by atoms with Crippen molar-refractivity contribution in [3.63, 3.8) is 0 Å². The topological polar surface area (TPSA) is 110 Å². The Balaban J connectivity index is 1.63. The van der Waals surface area contributed by atoms with Crippen LogP contribution in [0.15, 0.2) is 47.4 Å². The van der Waals surface area contributed by atoms with Crippen LogP contribution in [0.25, 0.3) is 0 Å². The molecule has 0 saturated carbocycles. The van der Waals surface area contributed by atoms with E-state index in [0.717, 1.165) is 0 Å². The molecule has 1 amide bonds. The van der Waals surface area contributed by atoms with Gasteiger partial charge in [0.2, 0.25) is 5.95 Å². The third-order valence-corrected chi connectivity index (χ3v) is 6.04. The van der Waals surface area contributed by atoms with Crippen LogP contribution in [0, 0.1) is 20.8 Å². The summed E-state index contributed by atoms with van der Waals surface area (Å²) in [6.45, 7) is 4.97.